The highest BCUT2D eigenvalue weighted by Crippen LogP contribution is 2.24. The molecule has 0 bridgehead atoms. The standard InChI is InChI=1S/C12H13ClN2.ClH/c1-8(13)11-9(2)14-12(15-11)10-6-4-3-5-7-10;/h3-8H,1-2H3,(H,14,15);1H. The van der Waals surface area contributed by atoms with E-state index in [4.69, 9.17) is 11.6 Å². The first kappa shape index (κ1) is 13.1. The highest BCUT2D eigenvalue weighted by atomic mass is 35.5. The number of halogens is 2. The largest absolute Gasteiger partial charge is 0.342 e. The zero-order chi connectivity index (χ0) is 10.8. The summed E-state index contributed by atoms with van der Waals surface area (Å²) in [5, 5.41) is -0.0567. The van der Waals surface area contributed by atoms with Crippen molar-refractivity contribution in [2.24, 2.45) is 0 Å². The molecule has 2 aromatic rings. The van der Waals surface area contributed by atoms with Gasteiger partial charge in [-0.3, -0.25) is 0 Å². The number of aryl methyl sites for hydroxylation is 1. The van der Waals surface area contributed by atoms with Gasteiger partial charge in [0.25, 0.3) is 0 Å². The van der Waals surface area contributed by atoms with E-state index < -0.39 is 0 Å². The fraction of sp³-hybridized carbons (Fsp3) is 0.250. The number of aromatic nitrogens is 2. The molecular formula is C12H14Cl2N2. The molecule has 16 heavy (non-hydrogen) atoms. The Morgan fingerprint density at radius 2 is 1.88 bits per heavy atom. The summed E-state index contributed by atoms with van der Waals surface area (Å²) in [5.41, 5.74) is 3.05. The Kier molecular flexibility index (Phi) is 4.39. The van der Waals surface area contributed by atoms with Crippen LogP contribution < -0.4 is 0 Å². The van der Waals surface area contributed by atoms with Gasteiger partial charge in [-0.1, -0.05) is 30.3 Å². The predicted molar refractivity (Wildman–Crippen MR) is 70.3 cm³/mol. The van der Waals surface area contributed by atoms with Crippen LogP contribution >= 0.6 is 24.0 Å². The van der Waals surface area contributed by atoms with E-state index in [1.807, 2.05) is 44.2 Å². The molecule has 1 aromatic heterocycles. The molecule has 0 saturated carbocycles. The summed E-state index contributed by atoms with van der Waals surface area (Å²) in [4.78, 5) is 7.74. The van der Waals surface area contributed by atoms with Gasteiger partial charge in [0.05, 0.1) is 11.1 Å². The minimum atomic E-state index is -0.0567. The Labute approximate surface area is 106 Å². The van der Waals surface area contributed by atoms with Crippen molar-refractivity contribution < 1.29 is 0 Å². The smallest absolute Gasteiger partial charge is 0.137 e. The van der Waals surface area contributed by atoms with Crippen molar-refractivity contribution in [2.45, 2.75) is 19.2 Å². The molecule has 0 amide bonds. The van der Waals surface area contributed by atoms with Crippen LogP contribution in [0.25, 0.3) is 11.4 Å². The molecule has 1 unspecified atom stereocenters. The number of nitrogens with one attached hydrogen (secondary N) is 1. The quantitative estimate of drug-likeness (QED) is 0.806. The van der Waals surface area contributed by atoms with Crippen LogP contribution in [0.5, 0.6) is 0 Å². The van der Waals surface area contributed by atoms with Gasteiger partial charge in [0.15, 0.2) is 0 Å². The van der Waals surface area contributed by atoms with Crippen molar-refractivity contribution in [1.29, 1.82) is 0 Å². The molecule has 4 heteroatoms. The Balaban J connectivity index is 0.00000128. The van der Waals surface area contributed by atoms with Gasteiger partial charge < -0.3 is 4.98 Å². The summed E-state index contributed by atoms with van der Waals surface area (Å²) in [7, 11) is 0. The van der Waals surface area contributed by atoms with Gasteiger partial charge in [-0.25, -0.2) is 4.98 Å². The minimum absolute atomic E-state index is 0. The number of aromatic amines is 1. The highest BCUT2D eigenvalue weighted by molar-refractivity contribution is 6.20. The number of H-pyrrole nitrogens is 1. The lowest BCUT2D eigenvalue weighted by Crippen LogP contribution is -1.87. The number of alkyl halides is 1. The number of imidazole rings is 1. The van der Waals surface area contributed by atoms with Crippen LogP contribution in [-0.4, -0.2) is 9.97 Å². The van der Waals surface area contributed by atoms with Crippen LogP contribution in [-0.2, 0) is 0 Å². The van der Waals surface area contributed by atoms with E-state index >= 15 is 0 Å². The Morgan fingerprint density at radius 3 is 2.38 bits per heavy atom. The third kappa shape index (κ3) is 2.57. The molecule has 1 heterocycles. The van der Waals surface area contributed by atoms with E-state index in [2.05, 4.69) is 9.97 Å². The van der Waals surface area contributed by atoms with Gasteiger partial charge in [0.2, 0.25) is 0 Å². The molecule has 1 aromatic carbocycles. The maximum Gasteiger partial charge on any atom is 0.137 e. The Hall–Kier alpha value is -0.990. The summed E-state index contributed by atoms with van der Waals surface area (Å²) in [5.74, 6) is 0.885. The molecule has 0 aliphatic rings. The predicted octanol–water partition coefficient (Wildman–Crippen LogP) is 4.11. The van der Waals surface area contributed by atoms with Crippen molar-refractivity contribution >= 4 is 24.0 Å². The van der Waals surface area contributed by atoms with Gasteiger partial charge in [0.1, 0.15) is 5.82 Å². The topological polar surface area (TPSA) is 28.7 Å². The van der Waals surface area contributed by atoms with E-state index in [0.717, 1.165) is 22.8 Å². The fourth-order valence-electron chi connectivity index (χ4n) is 1.59. The maximum atomic E-state index is 6.03. The molecule has 0 radical (unpaired) electrons. The molecule has 0 aliphatic carbocycles. The van der Waals surface area contributed by atoms with E-state index in [-0.39, 0.29) is 17.8 Å². The molecule has 0 fully saturated rings. The van der Waals surface area contributed by atoms with Crippen molar-refractivity contribution in [3.63, 3.8) is 0 Å². The molecule has 0 saturated heterocycles. The molecule has 1 N–H and O–H groups in total. The summed E-state index contributed by atoms with van der Waals surface area (Å²) in [6, 6.07) is 10.0. The third-order valence-electron chi connectivity index (χ3n) is 2.35. The second kappa shape index (κ2) is 5.37. The van der Waals surface area contributed by atoms with Crippen LogP contribution in [0.2, 0.25) is 0 Å². The number of rotatable bonds is 2. The summed E-state index contributed by atoms with van der Waals surface area (Å²) >= 11 is 6.03. The van der Waals surface area contributed by atoms with Gasteiger partial charge in [-0.15, -0.1) is 24.0 Å². The van der Waals surface area contributed by atoms with Crippen molar-refractivity contribution in [3.05, 3.63) is 41.7 Å². The van der Waals surface area contributed by atoms with E-state index in [1.165, 1.54) is 0 Å². The second-order valence-corrected chi connectivity index (χ2v) is 4.23. The zero-order valence-electron chi connectivity index (χ0n) is 9.20. The number of hydrogen-bond acceptors (Lipinski definition) is 1. The molecule has 0 spiro atoms. The molecule has 1 atom stereocenters. The second-order valence-electron chi connectivity index (χ2n) is 3.58. The van der Waals surface area contributed by atoms with Crippen LogP contribution in [0.4, 0.5) is 0 Å². The van der Waals surface area contributed by atoms with Crippen LogP contribution in [0.1, 0.15) is 23.7 Å². The zero-order valence-corrected chi connectivity index (χ0v) is 10.8. The van der Waals surface area contributed by atoms with E-state index in [0.29, 0.717) is 0 Å². The number of hydrogen-bond donors (Lipinski definition) is 1. The highest BCUT2D eigenvalue weighted by Gasteiger charge is 2.11. The lowest BCUT2D eigenvalue weighted by atomic mass is 10.2. The normalized spacial score (nSPS) is 11.9. The van der Waals surface area contributed by atoms with Crippen LogP contribution in [0.3, 0.4) is 0 Å². The van der Waals surface area contributed by atoms with Gasteiger partial charge in [-0.2, -0.15) is 0 Å². The average Bonchev–Trinajstić information content (AvgIpc) is 2.62. The third-order valence-corrected chi connectivity index (χ3v) is 2.55. The van der Waals surface area contributed by atoms with Crippen molar-refractivity contribution in [1.82, 2.24) is 9.97 Å². The van der Waals surface area contributed by atoms with E-state index in [9.17, 15) is 0 Å². The summed E-state index contributed by atoms with van der Waals surface area (Å²) in [6.07, 6.45) is 0. The lowest BCUT2D eigenvalue weighted by molar-refractivity contribution is 0.998. The first-order valence-corrected chi connectivity index (χ1v) is 5.38. The number of nitrogens with zero attached hydrogens (tertiary/aromatic N) is 1. The SMILES string of the molecule is Cc1[nH]c(-c2ccccc2)nc1C(C)Cl.Cl. The number of benzene rings is 1. The lowest BCUT2D eigenvalue weighted by Gasteiger charge is -1.97. The average molecular weight is 257 g/mol. The van der Waals surface area contributed by atoms with E-state index in [1.54, 1.807) is 0 Å². The fourth-order valence-corrected chi connectivity index (χ4v) is 1.81. The monoisotopic (exact) mass is 256 g/mol. The summed E-state index contributed by atoms with van der Waals surface area (Å²) in [6.45, 7) is 3.92. The molecule has 2 nitrogen and oxygen atoms in total. The van der Waals surface area contributed by atoms with Gasteiger partial charge >= 0.3 is 0 Å². The minimum Gasteiger partial charge on any atom is -0.342 e. The Bertz CT molecular complexity index is 449. The van der Waals surface area contributed by atoms with Crippen LogP contribution in [0, 0.1) is 6.92 Å². The van der Waals surface area contributed by atoms with Gasteiger partial charge in [0, 0.05) is 11.3 Å². The van der Waals surface area contributed by atoms with Gasteiger partial charge in [-0.05, 0) is 13.8 Å². The Morgan fingerprint density at radius 1 is 1.25 bits per heavy atom. The maximum absolute atomic E-state index is 6.03. The van der Waals surface area contributed by atoms with Crippen molar-refractivity contribution in [2.75, 3.05) is 0 Å². The first-order chi connectivity index (χ1) is 7.18. The molecule has 2 rings (SSSR count). The summed E-state index contributed by atoms with van der Waals surface area (Å²) < 4.78 is 0. The molecule has 86 valence electrons. The first-order valence-electron chi connectivity index (χ1n) is 4.94. The van der Waals surface area contributed by atoms with Crippen LogP contribution in [0.15, 0.2) is 30.3 Å². The molecule has 0 aliphatic heterocycles. The molecular weight excluding hydrogens is 243 g/mol. The van der Waals surface area contributed by atoms with Crippen molar-refractivity contribution in [3.8, 4) is 11.4 Å².